The molecule has 0 aliphatic carbocycles. The Morgan fingerprint density at radius 2 is 2.07 bits per heavy atom. The van der Waals surface area contributed by atoms with Crippen molar-refractivity contribution < 1.29 is 4.74 Å². The minimum absolute atomic E-state index is 0.307. The summed E-state index contributed by atoms with van der Waals surface area (Å²) >= 11 is 0. The molecule has 1 rings (SSSR count). The number of hydrogen-bond acceptors (Lipinski definition) is 3. The van der Waals surface area contributed by atoms with E-state index in [4.69, 9.17) is 15.3 Å². The molecular weight excluding hydrogens is 176 g/mol. The van der Waals surface area contributed by atoms with Gasteiger partial charge < -0.3 is 4.74 Å². The molecule has 14 heavy (non-hydrogen) atoms. The summed E-state index contributed by atoms with van der Waals surface area (Å²) in [5.74, 6) is 0.551. The van der Waals surface area contributed by atoms with Crippen LogP contribution >= 0.6 is 0 Å². The van der Waals surface area contributed by atoms with Gasteiger partial charge in [-0.05, 0) is 12.1 Å². The quantitative estimate of drug-likeness (QED) is 0.707. The fourth-order valence-electron chi connectivity index (χ4n) is 1.19. The third kappa shape index (κ3) is 1.44. The minimum atomic E-state index is 0.307. The average Bonchev–Trinajstić information content (AvgIpc) is 2.26. The van der Waals surface area contributed by atoms with E-state index >= 15 is 0 Å². The number of methoxy groups -OCH3 is 1. The molecular formula is C11H8N2O. The summed E-state index contributed by atoms with van der Waals surface area (Å²) in [6, 6.07) is 7.12. The molecule has 0 radical (unpaired) electrons. The molecule has 1 aromatic rings. The Morgan fingerprint density at radius 1 is 1.36 bits per heavy atom. The van der Waals surface area contributed by atoms with E-state index in [0.29, 0.717) is 22.4 Å². The molecule has 0 amide bonds. The van der Waals surface area contributed by atoms with Gasteiger partial charge in [0, 0.05) is 5.56 Å². The summed E-state index contributed by atoms with van der Waals surface area (Å²) in [5, 5.41) is 17.6. The molecule has 0 aliphatic heterocycles. The molecule has 1 aromatic carbocycles. The predicted molar refractivity (Wildman–Crippen MR) is 52.5 cm³/mol. The third-order valence-corrected chi connectivity index (χ3v) is 1.86. The number of ether oxygens (including phenoxy) is 1. The van der Waals surface area contributed by atoms with Crippen LogP contribution in [0.4, 0.5) is 0 Å². The maximum atomic E-state index is 8.88. The molecule has 0 N–H and O–H groups in total. The predicted octanol–water partition coefficient (Wildman–Crippen LogP) is 2.08. The Morgan fingerprint density at radius 3 is 2.50 bits per heavy atom. The van der Waals surface area contributed by atoms with Crippen molar-refractivity contribution in [1.82, 2.24) is 0 Å². The highest BCUT2D eigenvalue weighted by atomic mass is 16.5. The smallest absolute Gasteiger partial charge is 0.127 e. The Hall–Kier alpha value is -2.26. The maximum Gasteiger partial charge on any atom is 0.127 e. The van der Waals surface area contributed by atoms with E-state index in [1.54, 1.807) is 12.1 Å². The minimum Gasteiger partial charge on any atom is -0.496 e. The lowest BCUT2D eigenvalue weighted by atomic mass is 10.0. The largest absolute Gasteiger partial charge is 0.496 e. The van der Waals surface area contributed by atoms with Crippen LogP contribution in [0.5, 0.6) is 5.75 Å². The lowest BCUT2D eigenvalue weighted by molar-refractivity contribution is 0.413. The zero-order valence-corrected chi connectivity index (χ0v) is 7.74. The van der Waals surface area contributed by atoms with E-state index < -0.39 is 0 Å². The van der Waals surface area contributed by atoms with Crippen LogP contribution in [0.25, 0.3) is 6.08 Å². The molecule has 0 fully saturated rings. The molecule has 0 saturated carbocycles. The molecule has 0 heterocycles. The van der Waals surface area contributed by atoms with Crippen molar-refractivity contribution in [2.24, 2.45) is 0 Å². The number of nitrogens with zero attached hydrogens (tertiary/aromatic N) is 2. The highest BCUT2D eigenvalue weighted by Gasteiger charge is 2.10. The fraction of sp³-hybridized carbons (Fsp3) is 0.0909. The van der Waals surface area contributed by atoms with Crippen molar-refractivity contribution in [3.05, 3.63) is 35.4 Å². The van der Waals surface area contributed by atoms with Gasteiger partial charge >= 0.3 is 0 Å². The van der Waals surface area contributed by atoms with Crippen LogP contribution in [-0.4, -0.2) is 7.11 Å². The second-order valence-electron chi connectivity index (χ2n) is 2.53. The molecule has 0 bridgehead atoms. The highest BCUT2D eigenvalue weighted by Crippen LogP contribution is 2.25. The summed E-state index contributed by atoms with van der Waals surface area (Å²) in [5.41, 5.74) is 1.21. The molecule has 0 unspecified atom stereocenters. The van der Waals surface area contributed by atoms with Crippen LogP contribution in [-0.2, 0) is 0 Å². The van der Waals surface area contributed by atoms with Gasteiger partial charge in [0.25, 0.3) is 0 Å². The lowest BCUT2D eigenvalue weighted by Crippen LogP contribution is -1.93. The zero-order valence-electron chi connectivity index (χ0n) is 7.74. The van der Waals surface area contributed by atoms with E-state index in [1.165, 1.54) is 13.2 Å². The Balaban J connectivity index is 3.56. The summed E-state index contributed by atoms with van der Waals surface area (Å²) in [6.45, 7) is 3.58. The summed E-state index contributed by atoms with van der Waals surface area (Å²) in [7, 11) is 1.51. The summed E-state index contributed by atoms with van der Waals surface area (Å²) in [4.78, 5) is 0. The van der Waals surface area contributed by atoms with Crippen LogP contribution in [0.15, 0.2) is 18.7 Å². The average molecular weight is 184 g/mol. The van der Waals surface area contributed by atoms with Gasteiger partial charge in [-0.2, -0.15) is 10.5 Å². The topological polar surface area (TPSA) is 56.8 Å². The molecule has 3 nitrogen and oxygen atoms in total. The van der Waals surface area contributed by atoms with Crippen molar-refractivity contribution in [2.45, 2.75) is 0 Å². The first-order valence-corrected chi connectivity index (χ1v) is 3.92. The second-order valence-corrected chi connectivity index (χ2v) is 2.53. The first kappa shape index (κ1) is 9.83. The Kier molecular flexibility index (Phi) is 2.89. The number of nitriles is 2. The molecule has 0 aliphatic rings. The molecule has 0 spiro atoms. The standard InChI is InChI=1S/C11H8N2O/c1-3-9-10(7-13)8(6-12)4-5-11(9)14-2/h3-5H,1H2,2H3. The van der Waals surface area contributed by atoms with Gasteiger partial charge in [0.05, 0.1) is 18.2 Å². The molecule has 0 aromatic heterocycles. The Labute approximate surface area is 82.5 Å². The second kappa shape index (κ2) is 4.11. The molecule has 0 saturated heterocycles. The van der Waals surface area contributed by atoms with Gasteiger partial charge in [0.2, 0.25) is 0 Å². The van der Waals surface area contributed by atoms with Crippen LogP contribution in [0.2, 0.25) is 0 Å². The van der Waals surface area contributed by atoms with Gasteiger partial charge in [-0.25, -0.2) is 0 Å². The maximum absolute atomic E-state index is 8.88. The van der Waals surface area contributed by atoms with Gasteiger partial charge in [-0.15, -0.1) is 0 Å². The van der Waals surface area contributed by atoms with Gasteiger partial charge in [0.15, 0.2) is 0 Å². The van der Waals surface area contributed by atoms with E-state index in [0.717, 1.165) is 0 Å². The van der Waals surface area contributed by atoms with Crippen molar-refractivity contribution in [3.8, 4) is 17.9 Å². The normalized spacial score (nSPS) is 8.50. The first-order valence-electron chi connectivity index (χ1n) is 3.92. The van der Waals surface area contributed by atoms with Gasteiger partial charge in [-0.1, -0.05) is 12.7 Å². The first-order chi connectivity index (χ1) is 6.78. The molecule has 0 atom stereocenters. The monoisotopic (exact) mass is 184 g/mol. The van der Waals surface area contributed by atoms with E-state index in [2.05, 4.69) is 6.58 Å². The van der Waals surface area contributed by atoms with Gasteiger partial charge in [0.1, 0.15) is 17.9 Å². The summed E-state index contributed by atoms with van der Waals surface area (Å²) in [6.07, 6.45) is 1.51. The van der Waals surface area contributed by atoms with Crippen LogP contribution in [0.1, 0.15) is 16.7 Å². The van der Waals surface area contributed by atoms with E-state index in [1.807, 2.05) is 12.1 Å². The highest BCUT2D eigenvalue weighted by molar-refractivity contribution is 5.67. The van der Waals surface area contributed by atoms with Crippen molar-refractivity contribution in [2.75, 3.05) is 7.11 Å². The van der Waals surface area contributed by atoms with Crippen molar-refractivity contribution >= 4 is 6.08 Å². The number of benzene rings is 1. The van der Waals surface area contributed by atoms with Crippen LogP contribution < -0.4 is 4.74 Å². The molecule has 3 heteroatoms. The SMILES string of the molecule is C=Cc1c(OC)ccc(C#N)c1C#N. The lowest BCUT2D eigenvalue weighted by Gasteiger charge is -2.06. The van der Waals surface area contributed by atoms with Gasteiger partial charge in [-0.3, -0.25) is 0 Å². The number of rotatable bonds is 2. The van der Waals surface area contributed by atoms with Crippen LogP contribution in [0, 0.1) is 22.7 Å². The van der Waals surface area contributed by atoms with E-state index in [-0.39, 0.29) is 0 Å². The van der Waals surface area contributed by atoms with Crippen molar-refractivity contribution in [3.63, 3.8) is 0 Å². The zero-order chi connectivity index (χ0) is 10.6. The summed E-state index contributed by atoms with van der Waals surface area (Å²) < 4.78 is 5.05. The van der Waals surface area contributed by atoms with E-state index in [9.17, 15) is 0 Å². The fourth-order valence-corrected chi connectivity index (χ4v) is 1.19. The Bertz CT molecular complexity index is 450. The third-order valence-electron chi connectivity index (χ3n) is 1.86. The van der Waals surface area contributed by atoms with Crippen LogP contribution in [0.3, 0.4) is 0 Å². The number of hydrogen-bond donors (Lipinski definition) is 0. The van der Waals surface area contributed by atoms with Crippen molar-refractivity contribution in [1.29, 1.82) is 10.5 Å². The molecule has 68 valence electrons.